The lowest BCUT2D eigenvalue weighted by Gasteiger charge is -2.33. The van der Waals surface area contributed by atoms with Gasteiger partial charge in [0.2, 0.25) is 15.8 Å². The summed E-state index contributed by atoms with van der Waals surface area (Å²) in [7, 11) is -3.27. The molecule has 0 saturated carbocycles. The molecular formula is C42H59N9O6S3. The Balaban J connectivity index is 1.18. The second-order valence-corrected chi connectivity index (χ2v) is 20.7. The van der Waals surface area contributed by atoms with Crippen molar-refractivity contribution in [1.82, 2.24) is 24.3 Å². The van der Waals surface area contributed by atoms with Crippen LogP contribution in [0, 0.1) is 26.2 Å². The van der Waals surface area contributed by atoms with Crippen molar-refractivity contribution in [2.45, 2.75) is 93.9 Å². The minimum atomic E-state index is -3.27. The maximum absolute atomic E-state index is 13.2. The average Bonchev–Trinajstić information content (AvgIpc) is 3.68. The fourth-order valence-electron chi connectivity index (χ4n) is 7.03. The van der Waals surface area contributed by atoms with Crippen LogP contribution < -0.4 is 27.4 Å². The van der Waals surface area contributed by atoms with Gasteiger partial charge in [0.05, 0.1) is 23.3 Å². The molecule has 5 rings (SSSR count). The summed E-state index contributed by atoms with van der Waals surface area (Å²) < 4.78 is 69.3. The molecule has 0 spiro atoms. The van der Waals surface area contributed by atoms with E-state index >= 15 is 0 Å². The number of hydrogen-bond donors (Lipinski definition) is 3. The molecule has 15 nitrogen and oxygen atoms in total. The highest BCUT2D eigenvalue weighted by molar-refractivity contribution is 7.88. The Morgan fingerprint density at radius 2 is 1.57 bits per heavy atom. The molecule has 0 aliphatic carbocycles. The second-order valence-electron chi connectivity index (χ2n) is 17.1. The molecular weight excluding hydrogens is 823 g/mol. The largest absolute Gasteiger partial charge is 0.389 e. The Hall–Kier alpha value is -4.49. The summed E-state index contributed by atoms with van der Waals surface area (Å²) >= 11 is -3.84. The van der Waals surface area contributed by atoms with E-state index in [0.29, 0.717) is 59.9 Å². The van der Waals surface area contributed by atoms with E-state index in [1.54, 1.807) is 18.2 Å². The first-order valence-electron chi connectivity index (χ1n) is 19.9. The number of anilines is 2. The standard InChI is InChI=1S/C42H59N9O6S3/c1-13-50(21-20-44-60(12,54)55)34-18-19-35(29(4)22-34)45-38-31(6)47-51-40(38)46-39(48-51)30(5)25-43-58(52)56-37-24-33(17-15-28(37)3)49-59(53)57-36-23-32(16-14-27(36)2)42(10,11)26-41(7,8)9/h14-19,22-24,30,43-44,49H,13,20-21,25-26H2,1-12H3. The van der Waals surface area contributed by atoms with E-state index in [2.05, 4.69) is 70.0 Å². The molecule has 0 amide bonds. The summed E-state index contributed by atoms with van der Waals surface area (Å²) in [5.74, 6) is 1.62. The minimum Gasteiger partial charge on any atom is -0.389 e. The van der Waals surface area contributed by atoms with Gasteiger partial charge in [-0.3, -0.25) is 4.72 Å². The Morgan fingerprint density at radius 3 is 2.22 bits per heavy atom. The smallest absolute Gasteiger partial charge is 0.316 e. The molecule has 2 heterocycles. The van der Waals surface area contributed by atoms with Crippen molar-refractivity contribution in [3.63, 3.8) is 0 Å². The Bertz CT molecular complexity index is 2420. The van der Waals surface area contributed by atoms with E-state index in [1.807, 2.05) is 71.9 Å². The first-order valence-corrected chi connectivity index (χ1v) is 23.9. The highest BCUT2D eigenvalue weighted by Gasteiger charge is 2.29. The van der Waals surface area contributed by atoms with Crippen molar-refractivity contribution in [2.24, 2.45) is 15.5 Å². The van der Waals surface area contributed by atoms with E-state index in [0.717, 1.165) is 46.3 Å². The van der Waals surface area contributed by atoms with Gasteiger partial charge in [-0.2, -0.15) is 13.5 Å². The highest BCUT2D eigenvalue weighted by Crippen LogP contribution is 2.38. The number of sulfonamides is 1. The number of nitrogens with one attached hydrogen (secondary N) is 3. The normalized spacial score (nSPS) is 15.3. The molecule has 0 fully saturated rings. The van der Waals surface area contributed by atoms with E-state index in [4.69, 9.17) is 18.3 Å². The zero-order chi connectivity index (χ0) is 44.2. The predicted octanol–water partition coefficient (Wildman–Crippen LogP) is 7.07. The summed E-state index contributed by atoms with van der Waals surface area (Å²) in [6.07, 6.45) is 2.12. The summed E-state index contributed by atoms with van der Waals surface area (Å²) in [6, 6.07) is 17.1. The number of nitrogens with zero attached hydrogens (tertiary/aromatic N) is 6. The first kappa shape index (κ1) is 46.6. The summed E-state index contributed by atoms with van der Waals surface area (Å²) in [5, 5.41) is 9.12. The van der Waals surface area contributed by atoms with Gasteiger partial charge in [-0.25, -0.2) is 27.8 Å². The molecule has 60 heavy (non-hydrogen) atoms. The topological polar surface area (TPSA) is 182 Å². The quantitative estimate of drug-likeness (QED) is 0.0888. The summed E-state index contributed by atoms with van der Waals surface area (Å²) in [6.45, 7) is 24.3. The monoisotopic (exact) mass is 881 g/mol. The number of aryl methyl sites for hydroxylation is 3. The number of fused-ring (bicyclic) bond motifs is 1. The first-order chi connectivity index (χ1) is 28.0. The van der Waals surface area contributed by atoms with Gasteiger partial charge >= 0.3 is 11.3 Å². The van der Waals surface area contributed by atoms with Gasteiger partial charge in [0.15, 0.2) is 5.82 Å². The third-order valence-electron chi connectivity index (χ3n) is 9.92. The van der Waals surface area contributed by atoms with E-state index in [-0.39, 0.29) is 23.3 Å². The van der Waals surface area contributed by atoms with E-state index in [9.17, 15) is 16.8 Å². The van der Waals surface area contributed by atoms with Crippen molar-refractivity contribution in [1.29, 1.82) is 0 Å². The zero-order valence-corrected chi connectivity index (χ0v) is 39.1. The number of aromatic nitrogens is 3. The molecule has 3 atom stereocenters. The van der Waals surface area contributed by atoms with Crippen molar-refractivity contribution >= 4 is 61.0 Å². The Morgan fingerprint density at radius 1 is 0.900 bits per heavy atom. The van der Waals surface area contributed by atoms with Crippen molar-refractivity contribution < 1.29 is 25.2 Å². The lowest BCUT2D eigenvalue weighted by Crippen LogP contribution is -2.34. The van der Waals surface area contributed by atoms with Crippen LogP contribution in [-0.2, 0) is 38.0 Å². The van der Waals surface area contributed by atoms with Crippen LogP contribution in [0.2, 0.25) is 0 Å². The van der Waals surface area contributed by atoms with Gasteiger partial charge in [-0.05, 0) is 104 Å². The van der Waals surface area contributed by atoms with Crippen molar-refractivity contribution in [3.8, 4) is 11.5 Å². The molecule has 1 aliphatic rings. The van der Waals surface area contributed by atoms with Crippen molar-refractivity contribution in [3.05, 3.63) is 88.5 Å². The highest BCUT2D eigenvalue weighted by atomic mass is 32.2. The predicted molar refractivity (Wildman–Crippen MR) is 244 cm³/mol. The van der Waals surface area contributed by atoms with Gasteiger partial charge in [0.25, 0.3) is 11.3 Å². The van der Waals surface area contributed by atoms with Crippen LogP contribution in [0.15, 0.2) is 64.7 Å². The molecule has 0 bridgehead atoms. The van der Waals surface area contributed by atoms with Gasteiger partial charge in [0, 0.05) is 43.9 Å². The van der Waals surface area contributed by atoms with Crippen LogP contribution >= 0.6 is 0 Å². The van der Waals surface area contributed by atoms with E-state index in [1.165, 1.54) is 4.79 Å². The van der Waals surface area contributed by atoms with Crippen LogP contribution in [0.5, 0.6) is 11.5 Å². The molecule has 0 saturated heterocycles. The summed E-state index contributed by atoms with van der Waals surface area (Å²) in [5.41, 5.74) is 7.13. The molecule has 1 aromatic heterocycles. The lowest BCUT2D eigenvalue weighted by atomic mass is 9.72. The van der Waals surface area contributed by atoms with Crippen LogP contribution in [0.25, 0.3) is 0 Å². The van der Waals surface area contributed by atoms with Crippen molar-refractivity contribution in [2.75, 3.05) is 42.1 Å². The molecule has 18 heteroatoms. The fourth-order valence-corrected chi connectivity index (χ4v) is 8.99. The molecule has 3 N–H and O–H groups in total. The maximum Gasteiger partial charge on any atom is 0.316 e. The molecule has 4 aromatic rings. The zero-order valence-electron chi connectivity index (χ0n) is 36.7. The molecule has 0 radical (unpaired) electrons. The third-order valence-corrected chi connectivity index (χ3v) is 12.1. The number of rotatable bonds is 19. The number of hydrogen-bond acceptors (Lipinski definition) is 11. The Kier molecular flexibility index (Phi) is 14.8. The molecule has 3 aromatic carbocycles. The minimum absolute atomic E-state index is 0.108. The Labute approximate surface area is 360 Å². The van der Waals surface area contributed by atoms with Gasteiger partial charge in [-0.1, -0.05) is 59.7 Å². The van der Waals surface area contributed by atoms with Crippen LogP contribution in [0.3, 0.4) is 0 Å². The number of aliphatic imine (C=N–C) groups is 1. The molecule has 1 aliphatic heterocycles. The number of likely N-dealkylation sites (N-methyl/N-ethyl adjacent to an activating group) is 1. The average molecular weight is 882 g/mol. The number of benzene rings is 3. The van der Waals surface area contributed by atoms with Gasteiger partial charge in [0.1, 0.15) is 17.2 Å². The second kappa shape index (κ2) is 19.1. The molecule has 326 valence electrons. The third kappa shape index (κ3) is 12.5. The lowest BCUT2D eigenvalue weighted by molar-refractivity contribution is 0.284. The molecule has 3 unspecified atom stereocenters. The van der Waals surface area contributed by atoms with Crippen LogP contribution in [-0.4, -0.2) is 75.6 Å². The van der Waals surface area contributed by atoms with Crippen LogP contribution in [0.4, 0.5) is 17.1 Å². The van der Waals surface area contributed by atoms with E-state index < -0.39 is 32.6 Å². The van der Waals surface area contributed by atoms with Gasteiger partial charge < -0.3 is 13.3 Å². The maximum atomic E-state index is 13.2. The van der Waals surface area contributed by atoms with Crippen LogP contribution in [0.1, 0.15) is 102 Å². The SMILES string of the molecule is CCN(CCNS(C)(=O)=O)c1ccc(N=C2C(C)=Nn3nc(C(C)CNS(=O)Oc4cc(NS(=O)Oc5cc(C(C)(C)CC(C)(C)C)ccc5C)ccc4C)nc32)c(C)c1. The van der Waals surface area contributed by atoms with Gasteiger partial charge in [-0.15, -0.1) is 9.89 Å². The fraction of sp³-hybridized carbons (Fsp3) is 0.476. The summed E-state index contributed by atoms with van der Waals surface area (Å²) in [4.78, 5) is 13.2.